The molecule has 0 saturated heterocycles. The molecule has 1 unspecified atom stereocenters. The molecular weight excluding hydrogens is 298 g/mol. The first-order valence-corrected chi connectivity index (χ1v) is 8.83. The zero-order valence-electron chi connectivity index (χ0n) is 14.4. The van der Waals surface area contributed by atoms with Gasteiger partial charge in [0.2, 0.25) is 5.91 Å². The van der Waals surface area contributed by atoms with Crippen LogP contribution in [0.15, 0.2) is 36.5 Å². The highest BCUT2D eigenvalue weighted by Gasteiger charge is 2.18. The molecule has 1 amide bonds. The molecule has 1 aromatic carbocycles. The van der Waals surface area contributed by atoms with E-state index in [4.69, 9.17) is 0 Å². The highest BCUT2D eigenvalue weighted by atomic mass is 16.1. The van der Waals surface area contributed by atoms with Crippen molar-refractivity contribution in [1.29, 1.82) is 0 Å². The van der Waals surface area contributed by atoms with Crippen LogP contribution in [0.25, 0.3) is 21.8 Å². The Kier molecular flexibility index (Phi) is 5.14. The molecule has 4 heteroatoms. The third kappa shape index (κ3) is 3.42. The minimum Gasteiger partial charge on any atom is -0.353 e. The van der Waals surface area contributed by atoms with Crippen molar-refractivity contribution in [1.82, 2.24) is 15.3 Å². The largest absolute Gasteiger partial charge is 0.353 e. The smallest absolute Gasteiger partial charge is 0.217 e. The zero-order chi connectivity index (χ0) is 16.9. The average Bonchev–Trinajstić information content (AvgIpc) is 2.96. The average molecular weight is 323 g/mol. The molecule has 0 aliphatic carbocycles. The number of aromatic nitrogens is 2. The summed E-state index contributed by atoms with van der Waals surface area (Å²) in [5.41, 5.74) is 3.08. The number of hydrogen-bond donors (Lipinski definition) is 2. The van der Waals surface area contributed by atoms with Crippen LogP contribution in [0, 0.1) is 0 Å². The SMILES string of the molecule is CCCCCCC(NC(C)=O)c1nccc2c1[nH]c1ccccc12. The monoisotopic (exact) mass is 323 g/mol. The molecule has 2 aromatic heterocycles. The fourth-order valence-electron chi connectivity index (χ4n) is 3.36. The van der Waals surface area contributed by atoms with Gasteiger partial charge in [0.25, 0.3) is 0 Å². The fraction of sp³-hybridized carbons (Fsp3) is 0.400. The van der Waals surface area contributed by atoms with Crippen LogP contribution in [0.4, 0.5) is 0 Å². The van der Waals surface area contributed by atoms with Gasteiger partial charge in [0.05, 0.1) is 17.3 Å². The summed E-state index contributed by atoms with van der Waals surface area (Å²) in [5.74, 6) is -0.00888. The van der Waals surface area contributed by atoms with Crippen LogP contribution in [0.2, 0.25) is 0 Å². The standard InChI is InChI=1S/C20H25N3O/c1-3-4-5-6-11-18(22-14(2)24)20-19-16(12-13-21-20)15-9-7-8-10-17(15)23-19/h7-10,12-13,18,23H,3-6,11H2,1-2H3,(H,22,24). The molecule has 0 aliphatic heterocycles. The molecule has 126 valence electrons. The lowest BCUT2D eigenvalue weighted by Crippen LogP contribution is -2.27. The zero-order valence-corrected chi connectivity index (χ0v) is 14.4. The molecule has 1 atom stereocenters. The number of fused-ring (bicyclic) bond motifs is 3. The first-order valence-electron chi connectivity index (χ1n) is 8.83. The van der Waals surface area contributed by atoms with E-state index in [1.54, 1.807) is 6.92 Å². The third-order valence-electron chi connectivity index (χ3n) is 4.51. The van der Waals surface area contributed by atoms with E-state index in [9.17, 15) is 4.79 Å². The highest BCUT2D eigenvalue weighted by molar-refractivity contribution is 6.07. The van der Waals surface area contributed by atoms with Crippen molar-refractivity contribution >= 4 is 27.7 Å². The van der Waals surface area contributed by atoms with E-state index in [2.05, 4.69) is 34.3 Å². The van der Waals surface area contributed by atoms with Gasteiger partial charge in [-0.15, -0.1) is 0 Å². The molecule has 24 heavy (non-hydrogen) atoms. The maximum Gasteiger partial charge on any atom is 0.217 e. The first-order chi connectivity index (χ1) is 11.7. The predicted octanol–water partition coefficient (Wildman–Crippen LogP) is 4.86. The number of carbonyl (C=O) groups is 1. The van der Waals surface area contributed by atoms with Gasteiger partial charge >= 0.3 is 0 Å². The summed E-state index contributed by atoms with van der Waals surface area (Å²) in [6, 6.07) is 10.3. The van der Waals surface area contributed by atoms with Gasteiger partial charge in [0.15, 0.2) is 0 Å². The van der Waals surface area contributed by atoms with Crippen LogP contribution in [-0.4, -0.2) is 15.9 Å². The predicted molar refractivity (Wildman–Crippen MR) is 98.9 cm³/mol. The van der Waals surface area contributed by atoms with Crippen molar-refractivity contribution in [3.8, 4) is 0 Å². The van der Waals surface area contributed by atoms with Gasteiger partial charge in [0, 0.05) is 29.4 Å². The Hall–Kier alpha value is -2.36. The van der Waals surface area contributed by atoms with Crippen molar-refractivity contribution < 1.29 is 4.79 Å². The minimum absolute atomic E-state index is 0.00888. The van der Waals surface area contributed by atoms with E-state index < -0.39 is 0 Å². The minimum atomic E-state index is -0.0453. The molecule has 2 N–H and O–H groups in total. The van der Waals surface area contributed by atoms with Crippen LogP contribution < -0.4 is 5.32 Å². The number of amides is 1. The quantitative estimate of drug-likeness (QED) is 0.610. The highest BCUT2D eigenvalue weighted by Crippen LogP contribution is 2.30. The molecule has 0 aliphatic rings. The summed E-state index contributed by atoms with van der Waals surface area (Å²) in [6.45, 7) is 3.78. The van der Waals surface area contributed by atoms with Crippen molar-refractivity contribution in [2.45, 2.75) is 52.0 Å². The molecule has 0 bridgehead atoms. The Morgan fingerprint density at radius 1 is 1.17 bits per heavy atom. The number of carbonyl (C=O) groups excluding carboxylic acids is 1. The van der Waals surface area contributed by atoms with Gasteiger partial charge in [-0.2, -0.15) is 0 Å². The molecule has 0 radical (unpaired) electrons. The Bertz CT molecular complexity index is 837. The van der Waals surface area contributed by atoms with Crippen LogP contribution in [-0.2, 0) is 4.79 Å². The molecule has 4 nitrogen and oxygen atoms in total. The van der Waals surface area contributed by atoms with E-state index >= 15 is 0 Å². The van der Waals surface area contributed by atoms with Crippen LogP contribution in [0.1, 0.15) is 57.7 Å². The lowest BCUT2D eigenvalue weighted by atomic mass is 10.0. The van der Waals surface area contributed by atoms with Gasteiger partial charge in [-0.25, -0.2) is 0 Å². The number of H-pyrrole nitrogens is 1. The van der Waals surface area contributed by atoms with E-state index in [1.165, 1.54) is 30.0 Å². The number of rotatable bonds is 7. The normalized spacial score (nSPS) is 12.6. The molecular formula is C20H25N3O. The number of pyridine rings is 1. The molecule has 2 heterocycles. The summed E-state index contributed by atoms with van der Waals surface area (Å²) in [7, 11) is 0. The summed E-state index contributed by atoms with van der Waals surface area (Å²) >= 11 is 0. The van der Waals surface area contributed by atoms with Crippen molar-refractivity contribution in [3.05, 3.63) is 42.2 Å². The van der Waals surface area contributed by atoms with Crippen LogP contribution >= 0.6 is 0 Å². The van der Waals surface area contributed by atoms with Gasteiger partial charge in [-0.1, -0.05) is 50.8 Å². The summed E-state index contributed by atoms with van der Waals surface area (Å²) < 4.78 is 0. The lowest BCUT2D eigenvalue weighted by molar-refractivity contribution is -0.119. The first kappa shape index (κ1) is 16.5. The second-order valence-corrected chi connectivity index (χ2v) is 6.39. The second-order valence-electron chi connectivity index (χ2n) is 6.39. The van der Waals surface area contributed by atoms with Crippen molar-refractivity contribution in [2.75, 3.05) is 0 Å². The van der Waals surface area contributed by atoms with Gasteiger partial charge in [-0.3, -0.25) is 9.78 Å². The maximum atomic E-state index is 11.7. The van der Waals surface area contributed by atoms with Crippen molar-refractivity contribution in [2.24, 2.45) is 0 Å². The Balaban J connectivity index is 1.98. The Morgan fingerprint density at radius 2 is 2.00 bits per heavy atom. The molecule has 3 aromatic rings. The van der Waals surface area contributed by atoms with Crippen LogP contribution in [0.5, 0.6) is 0 Å². The number of nitrogens with one attached hydrogen (secondary N) is 2. The van der Waals surface area contributed by atoms with E-state index in [0.717, 1.165) is 29.6 Å². The summed E-state index contributed by atoms with van der Waals surface area (Å²) in [4.78, 5) is 19.8. The second kappa shape index (κ2) is 7.47. The number of hydrogen-bond acceptors (Lipinski definition) is 2. The van der Waals surface area contributed by atoms with Crippen LogP contribution in [0.3, 0.4) is 0 Å². The van der Waals surface area contributed by atoms with Crippen molar-refractivity contribution in [3.63, 3.8) is 0 Å². The number of benzene rings is 1. The Morgan fingerprint density at radius 3 is 2.79 bits per heavy atom. The third-order valence-corrected chi connectivity index (χ3v) is 4.51. The number of nitrogens with zero attached hydrogens (tertiary/aromatic N) is 1. The lowest BCUT2D eigenvalue weighted by Gasteiger charge is -2.18. The van der Waals surface area contributed by atoms with E-state index in [0.29, 0.717) is 0 Å². The number of unbranched alkanes of at least 4 members (excludes halogenated alkanes) is 3. The van der Waals surface area contributed by atoms with E-state index in [-0.39, 0.29) is 11.9 Å². The number of para-hydroxylation sites is 1. The molecule has 0 spiro atoms. The topological polar surface area (TPSA) is 57.8 Å². The van der Waals surface area contributed by atoms with E-state index in [1.807, 2.05) is 24.4 Å². The molecule has 0 fully saturated rings. The van der Waals surface area contributed by atoms with Gasteiger partial charge in [-0.05, 0) is 18.6 Å². The molecule has 3 rings (SSSR count). The van der Waals surface area contributed by atoms with Gasteiger partial charge in [0.1, 0.15) is 0 Å². The fourth-order valence-corrected chi connectivity index (χ4v) is 3.36. The maximum absolute atomic E-state index is 11.7. The Labute approximate surface area is 142 Å². The van der Waals surface area contributed by atoms with Gasteiger partial charge < -0.3 is 10.3 Å². The molecule has 0 saturated carbocycles. The summed E-state index contributed by atoms with van der Waals surface area (Å²) in [6.07, 6.45) is 7.49. The number of aromatic amines is 1. The summed E-state index contributed by atoms with van der Waals surface area (Å²) in [5, 5.41) is 5.45.